The minimum Gasteiger partial charge on any atom is -0.448 e. The Bertz CT molecular complexity index is 923. The molecule has 0 heterocycles. The van der Waals surface area contributed by atoms with Gasteiger partial charge < -0.3 is 4.74 Å². The van der Waals surface area contributed by atoms with Gasteiger partial charge in [-0.1, -0.05) is 17.7 Å². The number of rotatable bonds is 6. The number of nitrogens with one attached hydrogen (secondary N) is 1. The van der Waals surface area contributed by atoms with Crippen LogP contribution in [0.25, 0.3) is 0 Å². The van der Waals surface area contributed by atoms with Gasteiger partial charge in [0, 0.05) is 17.8 Å². The summed E-state index contributed by atoms with van der Waals surface area (Å²) < 4.78 is 29.2. The molecule has 9 heteroatoms. The molecule has 0 unspecified atom stereocenters. The number of amides is 1. The summed E-state index contributed by atoms with van der Waals surface area (Å²) in [6, 6.07) is 10.0. The van der Waals surface area contributed by atoms with Crippen molar-refractivity contribution >= 4 is 27.3 Å². The van der Waals surface area contributed by atoms with Crippen molar-refractivity contribution in [1.29, 1.82) is 0 Å². The second kappa shape index (κ2) is 7.96. The lowest BCUT2D eigenvalue weighted by Gasteiger charge is -2.10. The number of nitro groups is 1. The minimum atomic E-state index is -3.71. The molecule has 0 aliphatic heterocycles. The first-order valence-electron chi connectivity index (χ1n) is 7.67. The van der Waals surface area contributed by atoms with Crippen molar-refractivity contribution in [3.63, 3.8) is 0 Å². The number of benzene rings is 2. The number of hydrogen-bond acceptors (Lipinski definition) is 6. The summed E-state index contributed by atoms with van der Waals surface area (Å²) in [4.78, 5) is 21.7. The maximum absolute atomic E-state index is 12.2. The molecule has 0 saturated heterocycles. The molecule has 0 bridgehead atoms. The van der Waals surface area contributed by atoms with Crippen LogP contribution in [0.15, 0.2) is 47.4 Å². The smallest absolute Gasteiger partial charge is 0.411 e. The fourth-order valence-electron chi connectivity index (χ4n) is 2.24. The van der Waals surface area contributed by atoms with Crippen LogP contribution in [0.3, 0.4) is 0 Å². The summed E-state index contributed by atoms with van der Waals surface area (Å²) in [5, 5.41) is 13.1. The molecule has 2 rings (SSSR count). The monoisotopic (exact) mass is 378 g/mol. The van der Waals surface area contributed by atoms with Crippen molar-refractivity contribution in [2.24, 2.45) is 0 Å². The lowest BCUT2D eigenvalue weighted by atomic mass is 10.1. The fraction of sp³-hybridized carbons (Fsp3) is 0.235. The Morgan fingerprint density at radius 3 is 2.38 bits per heavy atom. The van der Waals surface area contributed by atoms with E-state index in [0.717, 1.165) is 35.4 Å². The largest absolute Gasteiger partial charge is 0.448 e. The summed E-state index contributed by atoms with van der Waals surface area (Å²) in [6.45, 7) is 3.43. The van der Waals surface area contributed by atoms with Crippen LogP contribution < -0.4 is 5.32 Å². The van der Waals surface area contributed by atoms with E-state index in [4.69, 9.17) is 4.74 Å². The first-order chi connectivity index (χ1) is 12.2. The van der Waals surface area contributed by atoms with E-state index in [-0.39, 0.29) is 17.2 Å². The molecular formula is C17H18N2O6S. The number of carbonyl (C=O) groups excluding carboxylic acids is 1. The molecule has 26 heavy (non-hydrogen) atoms. The van der Waals surface area contributed by atoms with Gasteiger partial charge in [-0.3, -0.25) is 15.4 Å². The number of hydrogen-bond donors (Lipinski definition) is 1. The average Bonchev–Trinajstić information content (AvgIpc) is 2.57. The zero-order valence-electron chi connectivity index (χ0n) is 14.3. The number of anilines is 1. The molecular weight excluding hydrogens is 360 g/mol. The molecule has 2 aromatic rings. The van der Waals surface area contributed by atoms with Crippen LogP contribution in [0.5, 0.6) is 0 Å². The van der Waals surface area contributed by atoms with Crippen LogP contribution in [0.2, 0.25) is 0 Å². The van der Waals surface area contributed by atoms with Crippen molar-refractivity contribution in [1.82, 2.24) is 0 Å². The van der Waals surface area contributed by atoms with Crippen molar-refractivity contribution in [2.45, 2.75) is 18.7 Å². The highest BCUT2D eigenvalue weighted by Gasteiger charge is 2.17. The average molecular weight is 378 g/mol. The topological polar surface area (TPSA) is 116 Å². The van der Waals surface area contributed by atoms with Crippen LogP contribution in [0.1, 0.15) is 11.1 Å². The molecule has 2 aromatic carbocycles. The lowest BCUT2D eigenvalue weighted by Crippen LogP contribution is -2.19. The van der Waals surface area contributed by atoms with E-state index in [1.54, 1.807) is 6.07 Å². The molecule has 0 fully saturated rings. The second-order valence-corrected chi connectivity index (χ2v) is 7.76. The van der Waals surface area contributed by atoms with Crippen molar-refractivity contribution in [3.05, 3.63) is 63.7 Å². The van der Waals surface area contributed by atoms with Gasteiger partial charge in [0.2, 0.25) is 0 Å². The molecule has 1 amide bonds. The molecule has 0 saturated carbocycles. The Kier molecular flexibility index (Phi) is 5.93. The summed E-state index contributed by atoms with van der Waals surface area (Å²) in [7, 11) is -3.71. The maximum Gasteiger partial charge on any atom is 0.411 e. The first kappa shape index (κ1) is 19.4. The highest BCUT2D eigenvalue weighted by atomic mass is 32.2. The molecule has 0 aliphatic rings. The lowest BCUT2D eigenvalue weighted by molar-refractivity contribution is -0.384. The summed E-state index contributed by atoms with van der Waals surface area (Å²) in [6.07, 6.45) is -0.754. The van der Waals surface area contributed by atoms with Gasteiger partial charge >= 0.3 is 6.09 Å². The van der Waals surface area contributed by atoms with Gasteiger partial charge in [0.05, 0.1) is 15.6 Å². The van der Waals surface area contributed by atoms with E-state index in [1.165, 1.54) is 0 Å². The molecule has 0 aliphatic carbocycles. The van der Waals surface area contributed by atoms with Crippen LogP contribution in [-0.4, -0.2) is 31.8 Å². The van der Waals surface area contributed by atoms with E-state index >= 15 is 0 Å². The number of aryl methyl sites for hydroxylation is 2. The third-order valence-electron chi connectivity index (χ3n) is 3.61. The Labute approximate surface area is 150 Å². The number of non-ortho nitro benzene ring substituents is 1. The molecule has 0 spiro atoms. The van der Waals surface area contributed by atoms with Crippen molar-refractivity contribution in [2.75, 3.05) is 17.7 Å². The van der Waals surface area contributed by atoms with Gasteiger partial charge in [0.25, 0.3) is 5.69 Å². The fourth-order valence-corrected chi connectivity index (χ4v) is 3.33. The Morgan fingerprint density at radius 2 is 1.81 bits per heavy atom. The predicted octanol–water partition coefficient (Wildman–Crippen LogP) is 3.23. The SMILES string of the molecule is Cc1ccc(NC(=O)OCCS(=O)(=O)c2ccc([N+](=O)[O-])cc2)c(C)c1. The minimum absolute atomic E-state index is 0.0681. The zero-order valence-corrected chi connectivity index (χ0v) is 15.1. The van der Waals surface area contributed by atoms with Crippen LogP contribution in [-0.2, 0) is 14.6 Å². The molecule has 0 aromatic heterocycles. The van der Waals surface area contributed by atoms with E-state index < -0.39 is 26.6 Å². The maximum atomic E-state index is 12.2. The number of sulfone groups is 1. The Hall–Kier alpha value is -2.94. The number of nitrogens with zero attached hydrogens (tertiary/aromatic N) is 1. The highest BCUT2D eigenvalue weighted by molar-refractivity contribution is 7.91. The number of carbonyl (C=O) groups is 1. The van der Waals surface area contributed by atoms with Gasteiger partial charge in [-0.15, -0.1) is 0 Å². The van der Waals surface area contributed by atoms with Crippen molar-refractivity contribution < 1.29 is 22.9 Å². The summed E-state index contributed by atoms with van der Waals surface area (Å²) in [5.74, 6) is -0.425. The highest BCUT2D eigenvalue weighted by Crippen LogP contribution is 2.18. The molecule has 0 atom stereocenters. The number of nitro benzene ring substituents is 1. The van der Waals surface area contributed by atoms with E-state index in [1.807, 2.05) is 26.0 Å². The van der Waals surface area contributed by atoms with Crippen LogP contribution in [0, 0.1) is 24.0 Å². The van der Waals surface area contributed by atoms with Crippen LogP contribution >= 0.6 is 0 Å². The molecule has 0 radical (unpaired) electrons. The van der Waals surface area contributed by atoms with Gasteiger partial charge in [0.1, 0.15) is 6.61 Å². The Balaban J connectivity index is 1.91. The zero-order chi connectivity index (χ0) is 19.3. The summed E-state index contributed by atoms with van der Waals surface area (Å²) >= 11 is 0. The third kappa shape index (κ3) is 5.03. The van der Waals surface area contributed by atoms with Gasteiger partial charge in [-0.2, -0.15) is 0 Å². The van der Waals surface area contributed by atoms with Gasteiger partial charge in [-0.05, 0) is 37.6 Å². The van der Waals surface area contributed by atoms with Gasteiger partial charge in [-0.25, -0.2) is 13.2 Å². The second-order valence-electron chi connectivity index (χ2n) is 5.65. The van der Waals surface area contributed by atoms with Crippen molar-refractivity contribution in [3.8, 4) is 0 Å². The van der Waals surface area contributed by atoms with Crippen LogP contribution in [0.4, 0.5) is 16.2 Å². The predicted molar refractivity (Wildman–Crippen MR) is 96.0 cm³/mol. The molecule has 138 valence electrons. The quantitative estimate of drug-likeness (QED) is 0.609. The van der Waals surface area contributed by atoms with E-state index in [9.17, 15) is 23.3 Å². The normalized spacial score (nSPS) is 11.0. The van der Waals surface area contributed by atoms with E-state index in [0.29, 0.717) is 5.69 Å². The molecule has 8 nitrogen and oxygen atoms in total. The number of ether oxygens (including phenoxy) is 1. The third-order valence-corrected chi connectivity index (χ3v) is 5.31. The standard InChI is InChI=1S/C17H18N2O6S/c1-12-3-8-16(13(2)11-12)18-17(20)25-9-10-26(23,24)15-6-4-14(5-7-15)19(21)22/h3-8,11H,9-10H2,1-2H3,(H,18,20). The van der Waals surface area contributed by atoms with E-state index in [2.05, 4.69) is 5.32 Å². The first-order valence-corrected chi connectivity index (χ1v) is 9.32. The van der Waals surface area contributed by atoms with Gasteiger partial charge in [0.15, 0.2) is 9.84 Å². The molecule has 1 N–H and O–H groups in total. The summed E-state index contributed by atoms with van der Waals surface area (Å²) in [5.41, 5.74) is 2.29. The Morgan fingerprint density at radius 1 is 1.15 bits per heavy atom.